The molecule has 1 aromatic carbocycles. The molecule has 3 rings (SSSR count). The average molecular weight is 257 g/mol. The van der Waals surface area contributed by atoms with Gasteiger partial charge in [-0.05, 0) is 30.4 Å². The molecule has 5 nitrogen and oxygen atoms in total. The van der Waals surface area contributed by atoms with Gasteiger partial charge < -0.3 is 11.1 Å². The lowest BCUT2D eigenvalue weighted by molar-refractivity contribution is -0.125. The Morgan fingerprint density at radius 3 is 2.84 bits per heavy atom. The molecule has 1 aliphatic rings. The quantitative estimate of drug-likeness (QED) is 0.801. The molecule has 1 aromatic heterocycles. The number of fused-ring (bicyclic) bond motifs is 1. The van der Waals surface area contributed by atoms with Crippen molar-refractivity contribution in [3.63, 3.8) is 0 Å². The molecule has 19 heavy (non-hydrogen) atoms. The molecular formula is C14H15N3O2. The van der Waals surface area contributed by atoms with Crippen LogP contribution in [-0.2, 0) is 4.79 Å². The lowest BCUT2D eigenvalue weighted by atomic mass is 10.1. The summed E-state index contributed by atoms with van der Waals surface area (Å²) in [6, 6.07) is 8.53. The van der Waals surface area contributed by atoms with Crippen molar-refractivity contribution in [1.29, 1.82) is 0 Å². The maximum Gasteiger partial charge on any atom is 0.260 e. The molecule has 1 saturated heterocycles. The molecule has 98 valence electrons. The van der Waals surface area contributed by atoms with E-state index in [0.717, 1.165) is 11.8 Å². The SMILES string of the molecule is Nc1cc2ccccc2c(=O)n1C1CCCNC1=O. The third-order valence-electron chi connectivity index (χ3n) is 3.56. The summed E-state index contributed by atoms with van der Waals surface area (Å²) in [6.07, 6.45) is 1.50. The van der Waals surface area contributed by atoms with Gasteiger partial charge in [-0.1, -0.05) is 18.2 Å². The van der Waals surface area contributed by atoms with Crippen LogP contribution in [-0.4, -0.2) is 17.0 Å². The van der Waals surface area contributed by atoms with Crippen LogP contribution in [0, 0.1) is 0 Å². The normalized spacial score (nSPS) is 19.4. The van der Waals surface area contributed by atoms with Crippen LogP contribution in [0.2, 0.25) is 0 Å². The van der Waals surface area contributed by atoms with E-state index in [-0.39, 0.29) is 11.5 Å². The molecule has 3 N–H and O–H groups in total. The van der Waals surface area contributed by atoms with Gasteiger partial charge in [-0.15, -0.1) is 0 Å². The molecule has 1 aliphatic heterocycles. The summed E-state index contributed by atoms with van der Waals surface area (Å²) < 4.78 is 1.41. The summed E-state index contributed by atoms with van der Waals surface area (Å²) in [5.41, 5.74) is 5.77. The molecule has 0 spiro atoms. The number of nitrogens with one attached hydrogen (secondary N) is 1. The molecule has 1 unspecified atom stereocenters. The maximum atomic E-state index is 12.5. The fourth-order valence-corrected chi connectivity index (χ4v) is 2.62. The number of rotatable bonds is 1. The number of nitrogens with zero attached hydrogens (tertiary/aromatic N) is 1. The lowest BCUT2D eigenvalue weighted by Gasteiger charge is -2.25. The van der Waals surface area contributed by atoms with Crippen LogP contribution >= 0.6 is 0 Å². The zero-order valence-corrected chi connectivity index (χ0v) is 10.4. The highest BCUT2D eigenvalue weighted by Gasteiger charge is 2.26. The van der Waals surface area contributed by atoms with Crippen LogP contribution < -0.4 is 16.6 Å². The number of nitrogens with two attached hydrogens (primary N) is 1. The van der Waals surface area contributed by atoms with Gasteiger partial charge in [-0.2, -0.15) is 0 Å². The number of nitrogen functional groups attached to an aromatic ring is 1. The van der Waals surface area contributed by atoms with Gasteiger partial charge in [-0.3, -0.25) is 14.2 Å². The van der Waals surface area contributed by atoms with E-state index >= 15 is 0 Å². The van der Waals surface area contributed by atoms with Crippen molar-refractivity contribution in [1.82, 2.24) is 9.88 Å². The molecule has 1 atom stereocenters. The molecule has 1 amide bonds. The van der Waals surface area contributed by atoms with Gasteiger partial charge in [0.25, 0.3) is 5.56 Å². The maximum absolute atomic E-state index is 12.5. The molecule has 1 fully saturated rings. The van der Waals surface area contributed by atoms with Gasteiger partial charge in [-0.25, -0.2) is 0 Å². The van der Waals surface area contributed by atoms with Gasteiger partial charge in [0.05, 0.1) is 0 Å². The zero-order valence-electron chi connectivity index (χ0n) is 10.4. The number of hydrogen-bond donors (Lipinski definition) is 2. The van der Waals surface area contributed by atoms with Gasteiger partial charge in [0.1, 0.15) is 11.9 Å². The molecule has 0 aliphatic carbocycles. The zero-order chi connectivity index (χ0) is 13.4. The Morgan fingerprint density at radius 1 is 1.26 bits per heavy atom. The Kier molecular flexibility index (Phi) is 2.74. The monoisotopic (exact) mass is 257 g/mol. The topological polar surface area (TPSA) is 77.1 Å². The van der Waals surface area contributed by atoms with E-state index in [4.69, 9.17) is 5.73 Å². The number of carbonyl (C=O) groups is 1. The van der Waals surface area contributed by atoms with Gasteiger partial charge in [0.15, 0.2) is 0 Å². The van der Waals surface area contributed by atoms with Crippen molar-refractivity contribution in [2.24, 2.45) is 0 Å². The van der Waals surface area contributed by atoms with Crippen molar-refractivity contribution in [3.05, 3.63) is 40.7 Å². The number of carbonyl (C=O) groups excluding carboxylic acids is 1. The number of benzene rings is 1. The fraction of sp³-hybridized carbons (Fsp3) is 0.286. The van der Waals surface area contributed by atoms with E-state index < -0.39 is 6.04 Å². The highest BCUT2D eigenvalue weighted by molar-refractivity contribution is 5.86. The first-order valence-corrected chi connectivity index (χ1v) is 6.36. The second kappa shape index (κ2) is 4.42. The molecule has 2 aromatic rings. The first kappa shape index (κ1) is 11.8. The van der Waals surface area contributed by atoms with E-state index in [0.29, 0.717) is 24.2 Å². The highest BCUT2D eigenvalue weighted by atomic mass is 16.2. The second-order valence-electron chi connectivity index (χ2n) is 4.78. The van der Waals surface area contributed by atoms with Crippen LogP contribution in [0.1, 0.15) is 18.9 Å². The summed E-state index contributed by atoms with van der Waals surface area (Å²) in [5.74, 6) is 0.209. The van der Waals surface area contributed by atoms with Gasteiger partial charge in [0, 0.05) is 11.9 Å². The summed E-state index contributed by atoms with van der Waals surface area (Å²) in [7, 11) is 0. The predicted molar refractivity (Wildman–Crippen MR) is 73.9 cm³/mol. The number of amides is 1. The molecule has 0 bridgehead atoms. The lowest BCUT2D eigenvalue weighted by Crippen LogP contribution is -2.42. The molecule has 2 heterocycles. The minimum Gasteiger partial charge on any atom is -0.385 e. The van der Waals surface area contributed by atoms with Crippen LogP contribution in [0.25, 0.3) is 10.8 Å². The predicted octanol–water partition coefficient (Wildman–Crippen LogP) is 1.03. The van der Waals surface area contributed by atoms with Gasteiger partial charge in [0.2, 0.25) is 5.91 Å². The number of anilines is 1. The highest BCUT2D eigenvalue weighted by Crippen LogP contribution is 2.22. The van der Waals surface area contributed by atoms with Crippen molar-refractivity contribution in [2.75, 3.05) is 12.3 Å². The van der Waals surface area contributed by atoms with Crippen molar-refractivity contribution in [3.8, 4) is 0 Å². The van der Waals surface area contributed by atoms with E-state index in [1.54, 1.807) is 12.1 Å². The third kappa shape index (κ3) is 1.87. The largest absolute Gasteiger partial charge is 0.385 e. The van der Waals surface area contributed by atoms with E-state index in [9.17, 15) is 9.59 Å². The Labute approximate surface area is 110 Å². The number of piperidine rings is 1. The van der Waals surface area contributed by atoms with Crippen LogP contribution in [0.15, 0.2) is 35.1 Å². The first-order chi connectivity index (χ1) is 9.18. The minimum absolute atomic E-state index is 0.129. The average Bonchev–Trinajstić information content (AvgIpc) is 2.41. The summed E-state index contributed by atoms with van der Waals surface area (Å²) in [6.45, 7) is 0.664. The molecule has 0 radical (unpaired) electrons. The smallest absolute Gasteiger partial charge is 0.260 e. The van der Waals surface area contributed by atoms with Gasteiger partial charge >= 0.3 is 0 Å². The van der Waals surface area contributed by atoms with Crippen LogP contribution in [0.5, 0.6) is 0 Å². The Hall–Kier alpha value is -2.30. The number of aromatic nitrogens is 1. The second-order valence-corrected chi connectivity index (χ2v) is 4.78. The molecular weight excluding hydrogens is 242 g/mol. The Morgan fingerprint density at radius 2 is 2.05 bits per heavy atom. The number of pyridine rings is 1. The van der Waals surface area contributed by atoms with E-state index in [1.807, 2.05) is 18.2 Å². The van der Waals surface area contributed by atoms with E-state index in [1.165, 1.54) is 4.57 Å². The Balaban J connectivity index is 2.23. The van der Waals surface area contributed by atoms with Crippen LogP contribution in [0.4, 0.5) is 5.82 Å². The summed E-state index contributed by atoms with van der Waals surface area (Å²) >= 11 is 0. The summed E-state index contributed by atoms with van der Waals surface area (Å²) in [5, 5.41) is 4.17. The van der Waals surface area contributed by atoms with Crippen molar-refractivity contribution in [2.45, 2.75) is 18.9 Å². The molecule has 5 heteroatoms. The van der Waals surface area contributed by atoms with E-state index in [2.05, 4.69) is 5.32 Å². The summed E-state index contributed by atoms with van der Waals surface area (Å²) in [4.78, 5) is 24.4. The standard InChI is InChI=1S/C14H15N3O2/c15-12-8-9-4-1-2-5-10(9)14(19)17(12)11-6-3-7-16-13(11)18/h1-2,4-5,8,11H,3,6-7,15H2,(H,16,18). The van der Waals surface area contributed by atoms with Crippen LogP contribution in [0.3, 0.4) is 0 Å². The fourth-order valence-electron chi connectivity index (χ4n) is 2.62. The third-order valence-corrected chi connectivity index (χ3v) is 3.56. The first-order valence-electron chi connectivity index (χ1n) is 6.36. The van der Waals surface area contributed by atoms with Crippen molar-refractivity contribution < 1.29 is 4.79 Å². The molecule has 0 saturated carbocycles. The number of hydrogen-bond acceptors (Lipinski definition) is 3. The van der Waals surface area contributed by atoms with Crippen molar-refractivity contribution >= 4 is 22.5 Å². The minimum atomic E-state index is -0.495. The Bertz CT molecular complexity index is 705.